The van der Waals surface area contributed by atoms with Crippen molar-refractivity contribution >= 4 is 0 Å². The quantitative estimate of drug-likeness (QED) is 0.705. The lowest BCUT2D eigenvalue weighted by atomic mass is 9.47. The SMILES string of the molecule is C[C@]12C=CC(O)=C[C@H]1CC[C@@H]1[C@@H]2CC[C@]2(C)[C@H](O)[C@H](F)C[C@@H]12. The highest BCUT2D eigenvalue weighted by Crippen LogP contribution is 2.65. The first kappa shape index (κ1) is 14.7. The molecule has 0 amide bonds. The molecule has 3 saturated carbocycles. The Morgan fingerprint density at radius 1 is 1.18 bits per heavy atom. The fourth-order valence-corrected chi connectivity index (χ4v) is 6.40. The molecule has 4 aliphatic rings. The zero-order chi connectivity index (χ0) is 15.7. The number of rotatable bonds is 0. The highest BCUT2D eigenvalue weighted by atomic mass is 19.1. The normalized spacial score (nSPS) is 56.8. The fourth-order valence-electron chi connectivity index (χ4n) is 6.40. The number of allylic oxidation sites excluding steroid dienone is 3. The van der Waals surface area contributed by atoms with E-state index in [2.05, 4.69) is 19.9 Å². The molecular weight excluding hydrogens is 279 g/mol. The van der Waals surface area contributed by atoms with Crippen LogP contribution in [-0.2, 0) is 0 Å². The lowest BCUT2D eigenvalue weighted by Gasteiger charge is -2.57. The summed E-state index contributed by atoms with van der Waals surface area (Å²) in [5.74, 6) is 2.15. The summed E-state index contributed by atoms with van der Waals surface area (Å²) in [6.45, 7) is 4.42. The van der Waals surface area contributed by atoms with Crippen molar-refractivity contribution in [2.45, 2.75) is 58.2 Å². The Labute approximate surface area is 132 Å². The van der Waals surface area contributed by atoms with Gasteiger partial charge < -0.3 is 10.2 Å². The lowest BCUT2D eigenvalue weighted by molar-refractivity contribution is -0.0895. The molecule has 4 rings (SSSR count). The van der Waals surface area contributed by atoms with Crippen molar-refractivity contribution in [1.29, 1.82) is 0 Å². The van der Waals surface area contributed by atoms with Gasteiger partial charge in [-0.3, -0.25) is 0 Å². The van der Waals surface area contributed by atoms with E-state index in [1.165, 1.54) is 0 Å². The van der Waals surface area contributed by atoms with Gasteiger partial charge in [0, 0.05) is 0 Å². The minimum Gasteiger partial charge on any atom is -0.508 e. The van der Waals surface area contributed by atoms with Gasteiger partial charge >= 0.3 is 0 Å². The number of aliphatic hydroxyl groups is 2. The smallest absolute Gasteiger partial charge is 0.127 e. The van der Waals surface area contributed by atoms with Crippen molar-refractivity contribution in [2.24, 2.45) is 34.5 Å². The van der Waals surface area contributed by atoms with Crippen LogP contribution in [-0.4, -0.2) is 22.5 Å². The van der Waals surface area contributed by atoms with Crippen molar-refractivity contribution in [3.05, 3.63) is 24.0 Å². The van der Waals surface area contributed by atoms with E-state index in [1.807, 2.05) is 12.2 Å². The summed E-state index contributed by atoms with van der Waals surface area (Å²) in [6.07, 6.45) is 8.91. The maximum absolute atomic E-state index is 14.2. The maximum atomic E-state index is 14.2. The maximum Gasteiger partial charge on any atom is 0.127 e. The Morgan fingerprint density at radius 2 is 1.95 bits per heavy atom. The van der Waals surface area contributed by atoms with Crippen LogP contribution in [0, 0.1) is 34.5 Å². The van der Waals surface area contributed by atoms with Crippen LogP contribution in [0.15, 0.2) is 24.0 Å². The average molecular weight is 306 g/mol. The summed E-state index contributed by atoms with van der Waals surface area (Å²) in [5.41, 5.74) is -0.157. The van der Waals surface area contributed by atoms with Crippen LogP contribution in [0.5, 0.6) is 0 Å². The van der Waals surface area contributed by atoms with Gasteiger partial charge in [0.25, 0.3) is 0 Å². The molecule has 2 N–H and O–H groups in total. The first-order chi connectivity index (χ1) is 10.4. The van der Waals surface area contributed by atoms with Crippen LogP contribution in [0.4, 0.5) is 4.39 Å². The Kier molecular flexibility index (Phi) is 3.08. The van der Waals surface area contributed by atoms with Crippen LogP contribution >= 0.6 is 0 Å². The molecule has 0 spiro atoms. The number of alkyl halides is 1. The zero-order valence-electron chi connectivity index (χ0n) is 13.5. The second kappa shape index (κ2) is 4.59. The Morgan fingerprint density at radius 3 is 2.73 bits per heavy atom. The minimum absolute atomic E-state index is 0.0792. The molecule has 0 aliphatic heterocycles. The molecule has 3 heteroatoms. The first-order valence-corrected chi connectivity index (χ1v) is 8.78. The van der Waals surface area contributed by atoms with Gasteiger partial charge in [-0.1, -0.05) is 19.9 Å². The molecule has 0 aromatic heterocycles. The van der Waals surface area contributed by atoms with Gasteiger partial charge in [-0.15, -0.1) is 0 Å². The van der Waals surface area contributed by atoms with E-state index in [0.29, 0.717) is 35.9 Å². The van der Waals surface area contributed by atoms with Crippen LogP contribution in [0.3, 0.4) is 0 Å². The molecule has 2 nitrogen and oxygen atoms in total. The van der Waals surface area contributed by atoms with E-state index in [0.717, 1.165) is 25.7 Å². The van der Waals surface area contributed by atoms with Crippen molar-refractivity contribution in [1.82, 2.24) is 0 Å². The predicted molar refractivity (Wildman–Crippen MR) is 84.0 cm³/mol. The summed E-state index contributed by atoms with van der Waals surface area (Å²) in [7, 11) is 0. The van der Waals surface area contributed by atoms with E-state index in [1.54, 1.807) is 0 Å². The van der Waals surface area contributed by atoms with Gasteiger partial charge in [0.15, 0.2) is 0 Å². The molecule has 4 aliphatic carbocycles. The van der Waals surface area contributed by atoms with E-state index in [4.69, 9.17) is 0 Å². The minimum atomic E-state index is -1.05. The molecule has 0 unspecified atom stereocenters. The predicted octanol–water partition coefficient (Wildman–Crippen LogP) is 4.17. The third-order valence-electron chi connectivity index (χ3n) is 7.77. The Hall–Kier alpha value is -0.830. The molecule has 8 atom stereocenters. The molecule has 0 aromatic rings. The summed E-state index contributed by atoms with van der Waals surface area (Å²) in [5, 5.41) is 20.2. The van der Waals surface area contributed by atoms with Crippen LogP contribution in [0.25, 0.3) is 0 Å². The molecule has 0 aromatic carbocycles. The van der Waals surface area contributed by atoms with Gasteiger partial charge in [0.1, 0.15) is 11.9 Å². The highest BCUT2D eigenvalue weighted by Gasteiger charge is 2.61. The molecular formula is C19H27FO2. The molecule has 3 fully saturated rings. The van der Waals surface area contributed by atoms with Crippen molar-refractivity contribution in [3.63, 3.8) is 0 Å². The summed E-state index contributed by atoms with van der Waals surface area (Å²) in [4.78, 5) is 0. The second-order valence-corrected chi connectivity index (χ2v) is 8.59. The van der Waals surface area contributed by atoms with Gasteiger partial charge in [0.05, 0.1) is 6.10 Å². The zero-order valence-corrected chi connectivity index (χ0v) is 13.5. The van der Waals surface area contributed by atoms with Gasteiger partial charge in [-0.2, -0.15) is 0 Å². The molecule has 0 saturated heterocycles. The third kappa shape index (κ3) is 1.75. The second-order valence-electron chi connectivity index (χ2n) is 8.59. The van der Waals surface area contributed by atoms with Crippen molar-refractivity contribution < 1.29 is 14.6 Å². The number of halogens is 1. The third-order valence-corrected chi connectivity index (χ3v) is 7.77. The van der Waals surface area contributed by atoms with Crippen molar-refractivity contribution in [2.75, 3.05) is 0 Å². The van der Waals surface area contributed by atoms with E-state index in [-0.39, 0.29) is 10.8 Å². The first-order valence-electron chi connectivity index (χ1n) is 8.78. The topological polar surface area (TPSA) is 40.5 Å². The largest absolute Gasteiger partial charge is 0.508 e. The van der Waals surface area contributed by atoms with Crippen LogP contribution in [0.1, 0.15) is 46.0 Å². The van der Waals surface area contributed by atoms with Crippen molar-refractivity contribution in [3.8, 4) is 0 Å². The Balaban J connectivity index is 1.68. The monoisotopic (exact) mass is 306 g/mol. The summed E-state index contributed by atoms with van der Waals surface area (Å²) in [6, 6.07) is 0. The number of hydrogen-bond acceptors (Lipinski definition) is 2. The Bertz CT molecular complexity index is 542. The molecule has 0 radical (unpaired) electrons. The molecule has 0 bridgehead atoms. The molecule has 22 heavy (non-hydrogen) atoms. The lowest BCUT2D eigenvalue weighted by Crippen LogP contribution is -2.52. The number of fused-ring (bicyclic) bond motifs is 5. The van der Waals surface area contributed by atoms with Gasteiger partial charge in [-0.25, -0.2) is 4.39 Å². The summed E-state index contributed by atoms with van der Waals surface area (Å²) >= 11 is 0. The number of aliphatic hydroxyl groups excluding tert-OH is 2. The standard InChI is InChI=1S/C19H27FO2/c1-18-7-5-12(21)9-11(18)3-4-13-14(18)6-8-19(2)15(13)10-16(20)17(19)22/h5,7,9,11,13-17,21-22H,3-4,6,8,10H2,1-2H3/t11-,13-,14+,15+,16-,17-,18+,19+/m1/s1. The van der Waals surface area contributed by atoms with Gasteiger partial charge in [0.2, 0.25) is 0 Å². The molecule has 122 valence electrons. The van der Waals surface area contributed by atoms with E-state index in [9.17, 15) is 14.6 Å². The van der Waals surface area contributed by atoms with Crippen LogP contribution in [0.2, 0.25) is 0 Å². The number of hydrogen-bond donors (Lipinski definition) is 2. The van der Waals surface area contributed by atoms with E-state index >= 15 is 0 Å². The molecule has 0 heterocycles. The van der Waals surface area contributed by atoms with Crippen LogP contribution < -0.4 is 0 Å². The summed E-state index contributed by atoms with van der Waals surface area (Å²) < 4.78 is 14.2. The fraction of sp³-hybridized carbons (Fsp3) is 0.789. The highest BCUT2D eigenvalue weighted by molar-refractivity contribution is 5.27. The average Bonchev–Trinajstić information content (AvgIpc) is 2.72. The van der Waals surface area contributed by atoms with Gasteiger partial charge in [-0.05, 0) is 78.8 Å². The van der Waals surface area contributed by atoms with E-state index < -0.39 is 12.3 Å².